The summed E-state index contributed by atoms with van der Waals surface area (Å²) in [6.45, 7) is 4.43. The zero-order valence-electron chi connectivity index (χ0n) is 11.4. The normalized spacial score (nSPS) is 14.3. The lowest BCUT2D eigenvalue weighted by molar-refractivity contribution is 0.381. The van der Waals surface area contributed by atoms with Crippen molar-refractivity contribution in [2.24, 2.45) is 11.8 Å². The highest BCUT2D eigenvalue weighted by Crippen LogP contribution is 2.25. The number of halogens is 1. The van der Waals surface area contributed by atoms with Gasteiger partial charge in [-0.3, -0.25) is 11.3 Å². The molecule has 18 heavy (non-hydrogen) atoms. The average molecular weight is 271 g/mol. The van der Waals surface area contributed by atoms with Crippen LogP contribution in [-0.2, 0) is 6.42 Å². The molecule has 2 atom stereocenters. The summed E-state index contributed by atoms with van der Waals surface area (Å²) in [5.74, 6) is 7.14. The van der Waals surface area contributed by atoms with Gasteiger partial charge in [0.25, 0.3) is 0 Å². The highest BCUT2D eigenvalue weighted by Gasteiger charge is 2.14. The molecule has 0 aliphatic rings. The third kappa shape index (κ3) is 4.48. The maximum absolute atomic E-state index is 6.03. The molecule has 0 aliphatic carbocycles. The van der Waals surface area contributed by atoms with Gasteiger partial charge >= 0.3 is 0 Å². The number of hydrazine groups is 1. The van der Waals surface area contributed by atoms with Gasteiger partial charge < -0.3 is 4.74 Å². The highest BCUT2D eigenvalue weighted by atomic mass is 35.5. The van der Waals surface area contributed by atoms with E-state index in [-0.39, 0.29) is 6.04 Å². The van der Waals surface area contributed by atoms with E-state index in [1.165, 1.54) is 0 Å². The van der Waals surface area contributed by atoms with Gasteiger partial charge in [0, 0.05) is 11.1 Å². The molecule has 3 N–H and O–H groups in total. The van der Waals surface area contributed by atoms with E-state index in [9.17, 15) is 0 Å². The number of methoxy groups -OCH3 is 1. The van der Waals surface area contributed by atoms with Crippen LogP contribution in [0.2, 0.25) is 5.02 Å². The molecule has 3 nitrogen and oxygen atoms in total. The first-order valence-electron chi connectivity index (χ1n) is 6.39. The first-order chi connectivity index (χ1) is 8.60. The van der Waals surface area contributed by atoms with E-state index in [0.29, 0.717) is 5.92 Å². The van der Waals surface area contributed by atoms with Crippen molar-refractivity contribution in [3.05, 3.63) is 28.8 Å². The molecule has 0 bridgehead atoms. The molecule has 1 aromatic carbocycles. The van der Waals surface area contributed by atoms with E-state index in [1.807, 2.05) is 18.2 Å². The fourth-order valence-electron chi connectivity index (χ4n) is 2.03. The Labute approximate surface area is 115 Å². The van der Waals surface area contributed by atoms with Crippen LogP contribution in [0.15, 0.2) is 18.2 Å². The number of benzene rings is 1. The van der Waals surface area contributed by atoms with Crippen molar-refractivity contribution >= 4 is 11.6 Å². The van der Waals surface area contributed by atoms with Gasteiger partial charge in [0.2, 0.25) is 0 Å². The zero-order valence-corrected chi connectivity index (χ0v) is 12.1. The summed E-state index contributed by atoms with van der Waals surface area (Å²) >= 11 is 6.03. The third-order valence-electron chi connectivity index (χ3n) is 3.33. The summed E-state index contributed by atoms with van der Waals surface area (Å²) in [4.78, 5) is 0. The lowest BCUT2D eigenvalue weighted by Gasteiger charge is -2.20. The Morgan fingerprint density at radius 2 is 2.17 bits per heavy atom. The summed E-state index contributed by atoms with van der Waals surface area (Å²) in [7, 11) is 1.67. The van der Waals surface area contributed by atoms with Gasteiger partial charge in [0.1, 0.15) is 5.75 Å². The van der Waals surface area contributed by atoms with Gasteiger partial charge in [0.15, 0.2) is 0 Å². The number of hydrogen-bond donors (Lipinski definition) is 2. The Balaban J connectivity index is 2.77. The van der Waals surface area contributed by atoms with E-state index < -0.39 is 0 Å². The van der Waals surface area contributed by atoms with E-state index >= 15 is 0 Å². The van der Waals surface area contributed by atoms with E-state index in [0.717, 1.165) is 35.6 Å². The van der Waals surface area contributed by atoms with Crippen molar-refractivity contribution in [1.29, 1.82) is 0 Å². The third-order valence-corrected chi connectivity index (χ3v) is 3.56. The Morgan fingerprint density at radius 1 is 1.44 bits per heavy atom. The second-order valence-electron chi connectivity index (χ2n) is 4.77. The Bertz CT molecular complexity index is 371. The Kier molecular flexibility index (Phi) is 6.47. The highest BCUT2D eigenvalue weighted by molar-refractivity contribution is 6.30. The molecule has 0 saturated carbocycles. The van der Waals surface area contributed by atoms with Crippen molar-refractivity contribution in [3.8, 4) is 5.75 Å². The van der Waals surface area contributed by atoms with Crippen molar-refractivity contribution in [3.63, 3.8) is 0 Å². The Morgan fingerprint density at radius 3 is 2.72 bits per heavy atom. The van der Waals surface area contributed by atoms with E-state index in [4.69, 9.17) is 22.2 Å². The van der Waals surface area contributed by atoms with Gasteiger partial charge in [0.05, 0.1) is 7.11 Å². The molecule has 1 rings (SSSR count). The number of nitrogens with one attached hydrogen (secondary N) is 1. The molecular formula is C14H23ClN2O. The van der Waals surface area contributed by atoms with Crippen LogP contribution in [0.5, 0.6) is 5.75 Å². The number of hydrogen-bond acceptors (Lipinski definition) is 3. The van der Waals surface area contributed by atoms with Crippen LogP contribution in [0, 0.1) is 5.92 Å². The lowest BCUT2D eigenvalue weighted by atomic mass is 9.95. The zero-order chi connectivity index (χ0) is 13.5. The van der Waals surface area contributed by atoms with Crippen LogP contribution in [-0.4, -0.2) is 13.2 Å². The van der Waals surface area contributed by atoms with Gasteiger partial charge in [-0.1, -0.05) is 31.9 Å². The summed E-state index contributed by atoms with van der Waals surface area (Å²) in [6.07, 6.45) is 3.03. The second kappa shape index (κ2) is 7.62. The standard InChI is InChI=1S/C14H23ClN2O/c1-4-10(2)7-13(17-16)9-11-8-12(15)5-6-14(11)18-3/h5-6,8,10,13,17H,4,7,9,16H2,1-3H3. The quantitative estimate of drug-likeness (QED) is 0.591. The van der Waals surface area contributed by atoms with Crippen molar-refractivity contribution < 1.29 is 4.74 Å². The molecule has 0 aliphatic heterocycles. The predicted molar refractivity (Wildman–Crippen MR) is 76.9 cm³/mol. The smallest absolute Gasteiger partial charge is 0.122 e. The predicted octanol–water partition coefficient (Wildman–Crippen LogP) is 3.16. The lowest BCUT2D eigenvalue weighted by Crippen LogP contribution is -2.38. The van der Waals surface area contributed by atoms with Crippen LogP contribution in [0.4, 0.5) is 0 Å². The fourth-order valence-corrected chi connectivity index (χ4v) is 2.23. The minimum absolute atomic E-state index is 0.243. The topological polar surface area (TPSA) is 47.3 Å². The molecule has 0 amide bonds. The maximum Gasteiger partial charge on any atom is 0.122 e. The first kappa shape index (κ1) is 15.3. The number of ether oxygens (including phenoxy) is 1. The molecule has 0 fully saturated rings. The SMILES string of the molecule is CCC(C)CC(Cc1cc(Cl)ccc1OC)NN. The molecule has 2 unspecified atom stereocenters. The van der Waals surface area contributed by atoms with E-state index in [2.05, 4.69) is 19.3 Å². The average Bonchev–Trinajstić information content (AvgIpc) is 2.38. The second-order valence-corrected chi connectivity index (χ2v) is 5.21. The minimum atomic E-state index is 0.243. The van der Waals surface area contributed by atoms with E-state index in [1.54, 1.807) is 7.11 Å². The summed E-state index contributed by atoms with van der Waals surface area (Å²) < 4.78 is 5.35. The van der Waals surface area contributed by atoms with Crippen molar-refractivity contribution in [2.45, 2.75) is 39.2 Å². The molecule has 0 heterocycles. The largest absolute Gasteiger partial charge is 0.496 e. The van der Waals surface area contributed by atoms with Crippen LogP contribution in [0.3, 0.4) is 0 Å². The first-order valence-corrected chi connectivity index (χ1v) is 6.77. The van der Waals surface area contributed by atoms with Gasteiger partial charge in [-0.2, -0.15) is 0 Å². The maximum atomic E-state index is 6.03. The molecule has 102 valence electrons. The van der Waals surface area contributed by atoms with Crippen molar-refractivity contribution in [1.82, 2.24) is 5.43 Å². The van der Waals surface area contributed by atoms with Crippen molar-refractivity contribution in [2.75, 3.05) is 7.11 Å². The molecule has 1 aromatic rings. The molecule has 0 radical (unpaired) electrons. The molecular weight excluding hydrogens is 248 g/mol. The molecule has 0 aromatic heterocycles. The summed E-state index contributed by atoms with van der Waals surface area (Å²) in [5.41, 5.74) is 3.98. The fraction of sp³-hybridized carbons (Fsp3) is 0.571. The van der Waals surface area contributed by atoms with Gasteiger partial charge in [-0.15, -0.1) is 0 Å². The monoisotopic (exact) mass is 270 g/mol. The Hall–Kier alpha value is -0.770. The van der Waals surface area contributed by atoms with Crippen LogP contribution < -0.4 is 16.0 Å². The van der Waals surface area contributed by atoms with Crippen LogP contribution in [0.25, 0.3) is 0 Å². The number of nitrogens with two attached hydrogens (primary N) is 1. The molecule has 0 spiro atoms. The van der Waals surface area contributed by atoms with Crippen LogP contribution in [0.1, 0.15) is 32.3 Å². The van der Waals surface area contributed by atoms with Crippen LogP contribution >= 0.6 is 11.6 Å². The molecule has 0 saturated heterocycles. The minimum Gasteiger partial charge on any atom is -0.496 e. The van der Waals surface area contributed by atoms with Gasteiger partial charge in [-0.05, 0) is 42.5 Å². The summed E-state index contributed by atoms with van der Waals surface area (Å²) in [5, 5.41) is 0.727. The van der Waals surface area contributed by atoms with Gasteiger partial charge in [-0.25, -0.2) is 0 Å². The number of rotatable bonds is 7. The summed E-state index contributed by atoms with van der Waals surface area (Å²) in [6, 6.07) is 5.92. The molecule has 4 heteroatoms.